The van der Waals surface area contributed by atoms with Gasteiger partial charge in [-0.2, -0.15) is 0 Å². The molecule has 31 heavy (non-hydrogen) atoms. The van der Waals surface area contributed by atoms with Crippen LogP contribution < -0.4 is 15.4 Å². The molecule has 8 nitrogen and oxygen atoms in total. The first-order valence-corrected chi connectivity index (χ1v) is 10.8. The normalized spacial score (nSPS) is 14.6. The first-order valence-electron chi connectivity index (χ1n) is 10.8. The van der Waals surface area contributed by atoms with Gasteiger partial charge in [0.25, 0.3) is 0 Å². The molecular formula is C23H35N3O5. The summed E-state index contributed by atoms with van der Waals surface area (Å²) in [6, 6.07) is 7.55. The van der Waals surface area contributed by atoms with Crippen LogP contribution in [0.15, 0.2) is 24.3 Å². The standard InChI is InChI=1S/C23H35N3O5/c1-23(2,3)31-22(29)24-12-9-20(27)25-16-18-10-13-26(14-11-18)21(28)15-17-5-7-19(30-4)8-6-17/h5-8,18H,9-16H2,1-4H3,(H,24,29)(H,25,27). The Balaban J connectivity index is 1.61. The maximum Gasteiger partial charge on any atom is 0.407 e. The molecule has 0 unspecified atom stereocenters. The van der Waals surface area contributed by atoms with Crippen molar-refractivity contribution in [2.24, 2.45) is 5.92 Å². The van der Waals surface area contributed by atoms with E-state index in [4.69, 9.17) is 9.47 Å². The van der Waals surface area contributed by atoms with Crippen LogP contribution in [0.2, 0.25) is 0 Å². The van der Waals surface area contributed by atoms with Crippen LogP contribution in [0.3, 0.4) is 0 Å². The van der Waals surface area contributed by atoms with Crippen LogP contribution in [0.5, 0.6) is 5.75 Å². The molecule has 0 atom stereocenters. The number of ether oxygens (including phenoxy) is 2. The van der Waals surface area contributed by atoms with Gasteiger partial charge in [-0.3, -0.25) is 9.59 Å². The molecule has 2 N–H and O–H groups in total. The van der Waals surface area contributed by atoms with Gasteiger partial charge in [0.1, 0.15) is 11.4 Å². The molecule has 0 aromatic heterocycles. The lowest BCUT2D eigenvalue weighted by Gasteiger charge is -2.32. The largest absolute Gasteiger partial charge is 0.497 e. The lowest BCUT2D eigenvalue weighted by molar-refractivity contribution is -0.132. The molecule has 1 aromatic rings. The molecule has 1 aliphatic heterocycles. The Bertz CT molecular complexity index is 735. The average molecular weight is 434 g/mol. The Kier molecular flexibility index (Phi) is 9.15. The predicted molar refractivity (Wildman–Crippen MR) is 118 cm³/mol. The Morgan fingerprint density at radius 3 is 2.29 bits per heavy atom. The molecule has 8 heteroatoms. The lowest BCUT2D eigenvalue weighted by Crippen LogP contribution is -2.42. The van der Waals surface area contributed by atoms with Gasteiger partial charge < -0.3 is 25.0 Å². The fourth-order valence-electron chi connectivity index (χ4n) is 3.36. The van der Waals surface area contributed by atoms with Crippen LogP contribution >= 0.6 is 0 Å². The van der Waals surface area contributed by atoms with Crippen molar-refractivity contribution in [3.05, 3.63) is 29.8 Å². The number of likely N-dealkylation sites (tertiary alicyclic amines) is 1. The van der Waals surface area contributed by atoms with Crippen molar-refractivity contribution in [3.63, 3.8) is 0 Å². The molecule has 2 rings (SSSR count). The number of benzene rings is 1. The van der Waals surface area contributed by atoms with Crippen LogP contribution in [0, 0.1) is 5.92 Å². The molecule has 172 valence electrons. The summed E-state index contributed by atoms with van der Waals surface area (Å²) in [5.41, 5.74) is 0.414. The summed E-state index contributed by atoms with van der Waals surface area (Å²) in [6.45, 7) is 7.60. The van der Waals surface area contributed by atoms with Crippen LogP contribution in [0.4, 0.5) is 4.79 Å². The molecule has 0 radical (unpaired) electrons. The van der Waals surface area contributed by atoms with Gasteiger partial charge in [-0.05, 0) is 57.2 Å². The Hall–Kier alpha value is -2.77. The van der Waals surface area contributed by atoms with E-state index < -0.39 is 11.7 Å². The van der Waals surface area contributed by atoms with Crippen molar-refractivity contribution in [2.75, 3.05) is 33.3 Å². The van der Waals surface area contributed by atoms with Crippen molar-refractivity contribution >= 4 is 17.9 Å². The van der Waals surface area contributed by atoms with Crippen LogP contribution in [-0.4, -0.2) is 61.7 Å². The van der Waals surface area contributed by atoms with Crippen molar-refractivity contribution < 1.29 is 23.9 Å². The van der Waals surface area contributed by atoms with Crippen molar-refractivity contribution in [1.82, 2.24) is 15.5 Å². The minimum atomic E-state index is -0.558. The van der Waals surface area contributed by atoms with Crippen LogP contribution in [-0.2, 0) is 20.7 Å². The second-order valence-corrected chi connectivity index (χ2v) is 8.83. The number of carbonyl (C=O) groups is 3. The second-order valence-electron chi connectivity index (χ2n) is 8.83. The number of carbonyl (C=O) groups excluding carboxylic acids is 3. The molecule has 1 fully saturated rings. The Labute approximate surface area is 184 Å². The number of amides is 3. The molecule has 1 heterocycles. The van der Waals surface area contributed by atoms with Gasteiger partial charge in [-0.1, -0.05) is 12.1 Å². The molecule has 1 aliphatic rings. The number of methoxy groups -OCH3 is 1. The summed E-state index contributed by atoms with van der Waals surface area (Å²) < 4.78 is 10.3. The molecule has 0 spiro atoms. The minimum absolute atomic E-state index is 0.103. The van der Waals surface area contributed by atoms with Gasteiger partial charge in [0, 0.05) is 32.6 Å². The van der Waals surface area contributed by atoms with E-state index >= 15 is 0 Å². The number of hydrogen-bond acceptors (Lipinski definition) is 5. The third-order valence-corrected chi connectivity index (χ3v) is 5.09. The predicted octanol–water partition coefficient (Wildman–Crippen LogP) is 2.51. The van der Waals surface area contributed by atoms with E-state index in [2.05, 4.69) is 10.6 Å². The summed E-state index contributed by atoms with van der Waals surface area (Å²) in [5.74, 6) is 1.16. The summed E-state index contributed by atoms with van der Waals surface area (Å²) in [7, 11) is 1.62. The lowest BCUT2D eigenvalue weighted by atomic mass is 9.96. The maximum absolute atomic E-state index is 12.5. The Morgan fingerprint density at radius 1 is 1.06 bits per heavy atom. The van der Waals surface area contributed by atoms with Gasteiger partial charge >= 0.3 is 6.09 Å². The molecule has 0 bridgehead atoms. The van der Waals surface area contributed by atoms with E-state index in [0.717, 1.165) is 24.2 Å². The van der Waals surface area contributed by atoms with Gasteiger partial charge in [-0.15, -0.1) is 0 Å². The second kappa shape index (κ2) is 11.6. The van der Waals surface area contributed by atoms with Crippen LogP contribution in [0.25, 0.3) is 0 Å². The van der Waals surface area contributed by atoms with E-state index in [1.54, 1.807) is 27.9 Å². The zero-order valence-corrected chi connectivity index (χ0v) is 19.0. The van der Waals surface area contributed by atoms with E-state index in [1.807, 2.05) is 29.2 Å². The zero-order chi connectivity index (χ0) is 22.9. The topological polar surface area (TPSA) is 97.0 Å². The number of rotatable bonds is 8. The zero-order valence-electron chi connectivity index (χ0n) is 19.0. The first-order chi connectivity index (χ1) is 14.7. The molecule has 0 aliphatic carbocycles. The highest BCUT2D eigenvalue weighted by atomic mass is 16.6. The quantitative estimate of drug-likeness (QED) is 0.657. The van der Waals surface area contributed by atoms with E-state index in [1.165, 1.54) is 0 Å². The molecule has 1 aromatic carbocycles. The SMILES string of the molecule is COc1ccc(CC(=O)N2CCC(CNC(=O)CCNC(=O)OC(C)(C)C)CC2)cc1. The minimum Gasteiger partial charge on any atom is -0.497 e. The van der Waals surface area contributed by atoms with E-state index in [-0.39, 0.29) is 24.8 Å². The summed E-state index contributed by atoms with van der Waals surface area (Å²) in [6.07, 6.45) is 1.80. The Morgan fingerprint density at radius 2 is 1.71 bits per heavy atom. The number of nitrogens with zero attached hydrogens (tertiary/aromatic N) is 1. The number of alkyl carbamates (subject to hydrolysis) is 1. The molecular weight excluding hydrogens is 398 g/mol. The van der Waals surface area contributed by atoms with Crippen molar-refractivity contribution in [2.45, 2.75) is 52.1 Å². The number of piperidine rings is 1. The fourth-order valence-corrected chi connectivity index (χ4v) is 3.36. The summed E-state index contributed by atoms with van der Waals surface area (Å²) >= 11 is 0. The number of hydrogen-bond donors (Lipinski definition) is 2. The first kappa shape index (κ1) is 24.5. The monoisotopic (exact) mass is 433 g/mol. The van der Waals surface area contributed by atoms with E-state index in [0.29, 0.717) is 32.0 Å². The summed E-state index contributed by atoms with van der Waals surface area (Å²) in [5, 5.41) is 5.50. The smallest absolute Gasteiger partial charge is 0.407 e. The van der Waals surface area contributed by atoms with Crippen LogP contribution in [0.1, 0.15) is 45.6 Å². The highest BCUT2D eigenvalue weighted by molar-refractivity contribution is 5.79. The average Bonchev–Trinajstić information content (AvgIpc) is 2.72. The van der Waals surface area contributed by atoms with Gasteiger partial charge in [0.05, 0.1) is 13.5 Å². The van der Waals surface area contributed by atoms with Gasteiger partial charge in [0.2, 0.25) is 11.8 Å². The third kappa shape index (κ3) is 9.27. The van der Waals surface area contributed by atoms with Gasteiger partial charge in [-0.25, -0.2) is 4.79 Å². The third-order valence-electron chi connectivity index (χ3n) is 5.09. The van der Waals surface area contributed by atoms with Crippen molar-refractivity contribution in [3.8, 4) is 5.75 Å². The highest BCUT2D eigenvalue weighted by Gasteiger charge is 2.23. The molecule has 3 amide bonds. The highest BCUT2D eigenvalue weighted by Crippen LogP contribution is 2.18. The molecule has 0 saturated carbocycles. The maximum atomic E-state index is 12.5. The van der Waals surface area contributed by atoms with E-state index in [9.17, 15) is 14.4 Å². The van der Waals surface area contributed by atoms with Gasteiger partial charge in [0.15, 0.2) is 0 Å². The molecule has 1 saturated heterocycles. The fraction of sp³-hybridized carbons (Fsp3) is 0.609. The van der Waals surface area contributed by atoms with Crippen molar-refractivity contribution in [1.29, 1.82) is 0 Å². The summed E-state index contributed by atoms with van der Waals surface area (Å²) in [4.78, 5) is 38.0. The number of nitrogens with one attached hydrogen (secondary N) is 2.